The molecule has 3 heteroatoms. The van der Waals surface area contributed by atoms with Crippen molar-refractivity contribution in [1.82, 2.24) is 4.98 Å². The lowest BCUT2D eigenvalue weighted by Crippen LogP contribution is -1.91. The maximum absolute atomic E-state index is 5.73. The van der Waals surface area contributed by atoms with Crippen LogP contribution in [0.5, 0.6) is 0 Å². The van der Waals surface area contributed by atoms with Gasteiger partial charge in [0.05, 0.1) is 5.69 Å². The number of nitrogens with zero attached hydrogens (tertiary/aromatic N) is 1. The van der Waals surface area contributed by atoms with E-state index in [4.69, 9.17) is 5.73 Å². The van der Waals surface area contributed by atoms with E-state index >= 15 is 0 Å². The van der Waals surface area contributed by atoms with Crippen molar-refractivity contribution in [2.75, 3.05) is 5.73 Å². The highest BCUT2D eigenvalue weighted by Crippen LogP contribution is 2.26. The minimum Gasteiger partial charge on any atom is -0.399 e. The standard InChI is InChI=1S/C14H16N2S/c1-10-3-4-14(11(2)7-10)17-9-13-8-12(15)5-6-16-13/h3-8H,9H2,1-2H3,(H2,15,16). The van der Waals surface area contributed by atoms with E-state index < -0.39 is 0 Å². The van der Waals surface area contributed by atoms with Crippen LogP contribution in [0.2, 0.25) is 0 Å². The summed E-state index contributed by atoms with van der Waals surface area (Å²) >= 11 is 1.80. The van der Waals surface area contributed by atoms with Crippen LogP contribution < -0.4 is 5.73 Å². The SMILES string of the molecule is Cc1ccc(SCc2cc(N)ccn2)c(C)c1. The number of thioether (sulfide) groups is 1. The summed E-state index contributed by atoms with van der Waals surface area (Å²) in [4.78, 5) is 5.61. The zero-order valence-corrected chi connectivity index (χ0v) is 10.9. The number of aryl methyl sites for hydroxylation is 2. The normalized spacial score (nSPS) is 10.5. The van der Waals surface area contributed by atoms with Gasteiger partial charge in [0.2, 0.25) is 0 Å². The molecule has 0 aliphatic carbocycles. The number of nitrogen functional groups attached to an aromatic ring is 1. The van der Waals surface area contributed by atoms with E-state index in [-0.39, 0.29) is 0 Å². The first-order valence-corrected chi connectivity index (χ1v) is 6.54. The fourth-order valence-electron chi connectivity index (χ4n) is 1.69. The monoisotopic (exact) mass is 244 g/mol. The van der Waals surface area contributed by atoms with Crippen LogP contribution in [0.3, 0.4) is 0 Å². The lowest BCUT2D eigenvalue weighted by atomic mass is 10.2. The Morgan fingerprint density at radius 3 is 2.71 bits per heavy atom. The lowest BCUT2D eigenvalue weighted by molar-refractivity contribution is 1.17. The molecule has 2 rings (SSSR count). The minimum absolute atomic E-state index is 0.774. The Bertz CT molecular complexity index is 523. The van der Waals surface area contributed by atoms with E-state index in [2.05, 4.69) is 37.0 Å². The Hall–Kier alpha value is -1.48. The highest BCUT2D eigenvalue weighted by atomic mass is 32.2. The first-order valence-electron chi connectivity index (χ1n) is 5.55. The van der Waals surface area contributed by atoms with Crippen molar-refractivity contribution in [3.8, 4) is 0 Å². The molecule has 1 aromatic heterocycles. The molecule has 17 heavy (non-hydrogen) atoms. The maximum atomic E-state index is 5.73. The molecule has 2 N–H and O–H groups in total. The molecule has 0 spiro atoms. The van der Waals surface area contributed by atoms with Gasteiger partial charge in [-0.2, -0.15) is 0 Å². The van der Waals surface area contributed by atoms with Crippen molar-refractivity contribution in [1.29, 1.82) is 0 Å². The molecule has 0 atom stereocenters. The van der Waals surface area contributed by atoms with Gasteiger partial charge in [0.1, 0.15) is 0 Å². The second-order valence-electron chi connectivity index (χ2n) is 4.14. The van der Waals surface area contributed by atoms with Gasteiger partial charge in [-0.1, -0.05) is 17.7 Å². The summed E-state index contributed by atoms with van der Waals surface area (Å²) in [5.41, 5.74) is 10.1. The van der Waals surface area contributed by atoms with Crippen LogP contribution in [-0.2, 0) is 5.75 Å². The van der Waals surface area contributed by atoms with Crippen molar-refractivity contribution in [2.24, 2.45) is 0 Å². The average molecular weight is 244 g/mol. The summed E-state index contributed by atoms with van der Waals surface area (Å²) in [7, 11) is 0. The molecule has 2 nitrogen and oxygen atoms in total. The predicted molar refractivity (Wildman–Crippen MR) is 74.1 cm³/mol. The zero-order valence-electron chi connectivity index (χ0n) is 10.1. The van der Waals surface area contributed by atoms with Crippen LogP contribution >= 0.6 is 11.8 Å². The highest BCUT2D eigenvalue weighted by Gasteiger charge is 2.01. The van der Waals surface area contributed by atoms with Crippen LogP contribution in [-0.4, -0.2) is 4.98 Å². The molecule has 1 aromatic carbocycles. The number of nitrogens with two attached hydrogens (primary N) is 1. The fraction of sp³-hybridized carbons (Fsp3) is 0.214. The van der Waals surface area contributed by atoms with Crippen LogP contribution in [0.15, 0.2) is 41.4 Å². The predicted octanol–water partition coefficient (Wildman–Crippen LogP) is 3.57. The molecule has 0 radical (unpaired) electrons. The Labute approximate surface area is 106 Å². The molecule has 0 unspecified atom stereocenters. The van der Waals surface area contributed by atoms with E-state index in [9.17, 15) is 0 Å². The third-order valence-electron chi connectivity index (χ3n) is 2.55. The van der Waals surface area contributed by atoms with Gasteiger partial charge >= 0.3 is 0 Å². The summed E-state index contributed by atoms with van der Waals surface area (Å²) in [6.45, 7) is 4.25. The number of hydrogen-bond acceptors (Lipinski definition) is 3. The van der Waals surface area contributed by atoms with Crippen molar-refractivity contribution in [3.05, 3.63) is 53.3 Å². The quantitative estimate of drug-likeness (QED) is 0.839. The smallest absolute Gasteiger partial charge is 0.0526 e. The zero-order chi connectivity index (χ0) is 12.3. The third kappa shape index (κ3) is 3.24. The summed E-state index contributed by atoms with van der Waals surface area (Å²) < 4.78 is 0. The molecular formula is C14H16N2S. The third-order valence-corrected chi connectivity index (χ3v) is 3.76. The number of anilines is 1. The molecule has 0 amide bonds. The Morgan fingerprint density at radius 1 is 1.18 bits per heavy atom. The Balaban J connectivity index is 2.07. The van der Waals surface area contributed by atoms with Gasteiger partial charge < -0.3 is 5.73 Å². The van der Waals surface area contributed by atoms with E-state index in [0.717, 1.165) is 17.1 Å². The molecule has 0 bridgehead atoms. The highest BCUT2D eigenvalue weighted by molar-refractivity contribution is 7.98. The summed E-state index contributed by atoms with van der Waals surface area (Å²) in [6, 6.07) is 10.3. The molecule has 0 aliphatic rings. The van der Waals surface area contributed by atoms with Crippen LogP contribution in [0.4, 0.5) is 5.69 Å². The maximum Gasteiger partial charge on any atom is 0.0526 e. The van der Waals surface area contributed by atoms with Crippen molar-refractivity contribution in [2.45, 2.75) is 24.5 Å². The van der Waals surface area contributed by atoms with Gasteiger partial charge in [-0.05, 0) is 37.6 Å². The molecule has 2 aromatic rings. The molecule has 0 fully saturated rings. The van der Waals surface area contributed by atoms with Gasteiger partial charge in [-0.15, -0.1) is 11.8 Å². The molecule has 0 aliphatic heterocycles. The van der Waals surface area contributed by atoms with E-state index in [1.807, 2.05) is 12.1 Å². The molecule has 1 heterocycles. The molecule has 0 saturated carbocycles. The van der Waals surface area contributed by atoms with E-state index in [1.54, 1.807) is 18.0 Å². The van der Waals surface area contributed by atoms with E-state index in [1.165, 1.54) is 16.0 Å². The van der Waals surface area contributed by atoms with Crippen molar-refractivity contribution < 1.29 is 0 Å². The first-order chi connectivity index (χ1) is 8.15. The molecule has 88 valence electrons. The second-order valence-corrected chi connectivity index (χ2v) is 5.16. The van der Waals surface area contributed by atoms with Crippen molar-refractivity contribution >= 4 is 17.4 Å². The van der Waals surface area contributed by atoms with Gasteiger partial charge in [0.25, 0.3) is 0 Å². The number of rotatable bonds is 3. The topological polar surface area (TPSA) is 38.9 Å². The Morgan fingerprint density at radius 2 is 2.00 bits per heavy atom. The summed E-state index contributed by atoms with van der Waals surface area (Å²) in [5.74, 6) is 0.856. The minimum atomic E-state index is 0.774. The lowest BCUT2D eigenvalue weighted by Gasteiger charge is -2.06. The van der Waals surface area contributed by atoms with Gasteiger partial charge in [0.15, 0.2) is 0 Å². The van der Waals surface area contributed by atoms with Crippen molar-refractivity contribution in [3.63, 3.8) is 0 Å². The van der Waals surface area contributed by atoms with Gasteiger partial charge in [0, 0.05) is 22.5 Å². The van der Waals surface area contributed by atoms with E-state index in [0.29, 0.717) is 0 Å². The number of benzene rings is 1. The van der Waals surface area contributed by atoms with Gasteiger partial charge in [-0.3, -0.25) is 4.98 Å². The summed E-state index contributed by atoms with van der Waals surface area (Å²) in [5, 5.41) is 0. The average Bonchev–Trinajstić information content (AvgIpc) is 2.28. The second kappa shape index (κ2) is 5.23. The van der Waals surface area contributed by atoms with Gasteiger partial charge in [-0.25, -0.2) is 0 Å². The number of aromatic nitrogens is 1. The van der Waals surface area contributed by atoms with Crippen LogP contribution in [0.1, 0.15) is 16.8 Å². The largest absolute Gasteiger partial charge is 0.399 e. The van der Waals surface area contributed by atoms with Crippen LogP contribution in [0, 0.1) is 13.8 Å². The van der Waals surface area contributed by atoms with Crippen LogP contribution in [0.25, 0.3) is 0 Å². The number of hydrogen-bond donors (Lipinski definition) is 1. The Kier molecular flexibility index (Phi) is 3.69. The molecular weight excluding hydrogens is 228 g/mol. The molecule has 0 saturated heterocycles. The first kappa shape index (κ1) is 12.0. The number of pyridine rings is 1. The fourth-order valence-corrected chi connectivity index (χ4v) is 2.60. The summed E-state index contributed by atoms with van der Waals surface area (Å²) in [6.07, 6.45) is 1.76.